The zero-order valence-electron chi connectivity index (χ0n) is 12.0. The van der Waals surface area contributed by atoms with E-state index in [0.29, 0.717) is 18.8 Å². The van der Waals surface area contributed by atoms with Gasteiger partial charge in [-0.15, -0.1) is 0 Å². The molecule has 0 bridgehead atoms. The van der Waals surface area contributed by atoms with E-state index in [1.165, 1.54) is 12.8 Å². The number of nitrogens with two attached hydrogens (primary N) is 1. The standard InChI is InChI=1S/C14H28N2O2/c1-4-5-6-7-8-9-13(17)16-14(18)12(15)10-11(2)3/h11-12H,4-10,15H2,1-3H3,(H,16,17,18)/t12-/m0/s1. The fraction of sp³-hybridized carbons (Fsp3) is 0.857. The summed E-state index contributed by atoms with van der Waals surface area (Å²) in [6, 6.07) is -0.575. The highest BCUT2D eigenvalue weighted by molar-refractivity contribution is 5.97. The molecule has 2 amide bonds. The van der Waals surface area contributed by atoms with Gasteiger partial charge in [0, 0.05) is 6.42 Å². The lowest BCUT2D eigenvalue weighted by molar-refractivity contribution is -0.131. The molecule has 0 aromatic rings. The highest BCUT2D eigenvalue weighted by atomic mass is 16.2. The minimum absolute atomic E-state index is 0.198. The zero-order valence-corrected chi connectivity index (χ0v) is 12.0. The predicted molar refractivity (Wildman–Crippen MR) is 74.0 cm³/mol. The van der Waals surface area contributed by atoms with Gasteiger partial charge in [0.1, 0.15) is 0 Å². The molecule has 18 heavy (non-hydrogen) atoms. The minimum Gasteiger partial charge on any atom is -0.320 e. The topological polar surface area (TPSA) is 72.2 Å². The number of carbonyl (C=O) groups is 2. The maximum atomic E-state index is 11.6. The van der Waals surface area contributed by atoms with Crippen LogP contribution in [0, 0.1) is 5.92 Å². The van der Waals surface area contributed by atoms with Crippen molar-refractivity contribution in [3.8, 4) is 0 Å². The molecule has 0 aliphatic rings. The van der Waals surface area contributed by atoms with Gasteiger partial charge in [-0.3, -0.25) is 14.9 Å². The summed E-state index contributed by atoms with van der Waals surface area (Å²) in [7, 11) is 0. The van der Waals surface area contributed by atoms with Crippen molar-refractivity contribution in [2.45, 2.75) is 71.8 Å². The van der Waals surface area contributed by atoms with Crippen molar-refractivity contribution in [2.75, 3.05) is 0 Å². The Morgan fingerprint density at radius 3 is 2.28 bits per heavy atom. The molecule has 4 nitrogen and oxygen atoms in total. The van der Waals surface area contributed by atoms with Gasteiger partial charge in [-0.05, 0) is 18.8 Å². The summed E-state index contributed by atoms with van der Waals surface area (Å²) in [5, 5.41) is 2.37. The van der Waals surface area contributed by atoms with E-state index in [1.54, 1.807) is 0 Å². The normalized spacial score (nSPS) is 12.5. The molecule has 0 rings (SSSR count). The Kier molecular flexibility index (Phi) is 9.56. The van der Waals surface area contributed by atoms with Crippen molar-refractivity contribution in [3.05, 3.63) is 0 Å². The van der Waals surface area contributed by atoms with Gasteiger partial charge in [0.05, 0.1) is 6.04 Å². The van der Waals surface area contributed by atoms with Gasteiger partial charge in [0.25, 0.3) is 0 Å². The van der Waals surface area contributed by atoms with Gasteiger partial charge in [0.15, 0.2) is 0 Å². The molecule has 0 aromatic heterocycles. The van der Waals surface area contributed by atoms with Crippen LogP contribution in [0.2, 0.25) is 0 Å². The predicted octanol–water partition coefficient (Wildman–Crippen LogP) is 2.36. The molecule has 0 aliphatic heterocycles. The molecule has 4 heteroatoms. The summed E-state index contributed by atoms with van der Waals surface area (Å²) in [6.07, 6.45) is 6.48. The third-order valence-electron chi connectivity index (χ3n) is 2.83. The number of carbonyl (C=O) groups excluding carboxylic acids is 2. The maximum Gasteiger partial charge on any atom is 0.243 e. The summed E-state index contributed by atoms with van der Waals surface area (Å²) in [6.45, 7) is 6.16. The van der Waals surface area contributed by atoms with Gasteiger partial charge in [-0.2, -0.15) is 0 Å². The van der Waals surface area contributed by atoms with Crippen LogP contribution in [-0.4, -0.2) is 17.9 Å². The Bertz CT molecular complexity index is 252. The highest BCUT2D eigenvalue weighted by Crippen LogP contribution is 2.05. The first-order valence-electron chi connectivity index (χ1n) is 7.06. The average molecular weight is 256 g/mol. The van der Waals surface area contributed by atoms with Crippen LogP contribution in [0.1, 0.15) is 65.7 Å². The summed E-state index contributed by atoms with van der Waals surface area (Å²) in [4.78, 5) is 23.1. The molecule has 0 aromatic carbocycles. The van der Waals surface area contributed by atoms with Crippen molar-refractivity contribution >= 4 is 11.8 Å². The molecule has 0 fully saturated rings. The Morgan fingerprint density at radius 1 is 1.11 bits per heavy atom. The second-order valence-electron chi connectivity index (χ2n) is 5.31. The second kappa shape index (κ2) is 10.1. The Balaban J connectivity index is 3.70. The van der Waals surface area contributed by atoms with Crippen LogP contribution in [0.25, 0.3) is 0 Å². The molecule has 0 saturated heterocycles. The summed E-state index contributed by atoms with van der Waals surface area (Å²) < 4.78 is 0. The zero-order chi connectivity index (χ0) is 14.0. The summed E-state index contributed by atoms with van der Waals surface area (Å²) in [5.41, 5.74) is 5.70. The average Bonchev–Trinajstić information content (AvgIpc) is 2.27. The highest BCUT2D eigenvalue weighted by Gasteiger charge is 2.16. The van der Waals surface area contributed by atoms with Crippen molar-refractivity contribution < 1.29 is 9.59 Å². The van der Waals surface area contributed by atoms with E-state index < -0.39 is 6.04 Å². The first-order valence-corrected chi connectivity index (χ1v) is 7.06. The molecule has 106 valence electrons. The number of hydrogen-bond donors (Lipinski definition) is 2. The van der Waals surface area contributed by atoms with Crippen LogP contribution >= 0.6 is 0 Å². The second-order valence-corrected chi connectivity index (χ2v) is 5.31. The summed E-state index contributed by atoms with van der Waals surface area (Å²) in [5.74, 6) is -0.187. The quantitative estimate of drug-likeness (QED) is 0.622. The molecular weight excluding hydrogens is 228 g/mol. The minimum atomic E-state index is -0.575. The Labute approximate surface area is 111 Å². The fourth-order valence-corrected chi connectivity index (χ4v) is 1.80. The molecule has 0 aliphatic carbocycles. The molecule has 0 unspecified atom stereocenters. The Morgan fingerprint density at radius 2 is 1.72 bits per heavy atom. The van der Waals surface area contributed by atoms with Crippen LogP contribution in [0.5, 0.6) is 0 Å². The van der Waals surface area contributed by atoms with E-state index in [2.05, 4.69) is 12.2 Å². The van der Waals surface area contributed by atoms with E-state index in [1.807, 2.05) is 13.8 Å². The number of unbranched alkanes of at least 4 members (excludes halogenated alkanes) is 4. The van der Waals surface area contributed by atoms with Crippen LogP contribution in [0.15, 0.2) is 0 Å². The van der Waals surface area contributed by atoms with Crippen LogP contribution in [0.3, 0.4) is 0 Å². The van der Waals surface area contributed by atoms with Crippen molar-refractivity contribution in [2.24, 2.45) is 11.7 Å². The first kappa shape index (κ1) is 17.1. The summed E-state index contributed by atoms with van der Waals surface area (Å²) >= 11 is 0. The maximum absolute atomic E-state index is 11.6. The monoisotopic (exact) mass is 256 g/mol. The van der Waals surface area contributed by atoms with E-state index in [4.69, 9.17) is 5.73 Å². The van der Waals surface area contributed by atoms with Crippen LogP contribution in [0.4, 0.5) is 0 Å². The molecule has 3 N–H and O–H groups in total. The third-order valence-corrected chi connectivity index (χ3v) is 2.83. The number of rotatable bonds is 9. The lowest BCUT2D eigenvalue weighted by Crippen LogP contribution is -2.44. The molecule has 0 spiro atoms. The molecule has 0 heterocycles. The number of amides is 2. The first-order chi connectivity index (χ1) is 8.47. The lowest BCUT2D eigenvalue weighted by atomic mass is 10.0. The van der Waals surface area contributed by atoms with Crippen molar-refractivity contribution in [1.82, 2.24) is 5.32 Å². The molecular formula is C14H28N2O2. The van der Waals surface area contributed by atoms with E-state index in [9.17, 15) is 9.59 Å². The van der Waals surface area contributed by atoms with Gasteiger partial charge in [-0.1, -0.05) is 46.5 Å². The van der Waals surface area contributed by atoms with Crippen LogP contribution in [-0.2, 0) is 9.59 Å². The number of nitrogens with one attached hydrogen (secondary N) is 1. The lowest BCUT2D eigenvalue weighted by Gasteiger charge is -2.13. The van der Waals surface area contributed by atoms with E-state index in [-0.39, 0.29) is 11.8 Å². The fourth-order valence-electron chi connectivity index (χ4n) is 1.80. The molecule has 0 radical (unpaired) electrons. The molecule has 0 saturated carbocycles. The smallest absolute Gasteiger partial charge is 0.243 e. The van der Waals surface area contributed by atoms with Gasteiger partial charge in [0.2, 0.25) is 11.8 Å². The third kappa shape index (κ3) is 9.16. The van der Waals surface area contributed by atoms with Crippen LogP contribution < -0.4 is 11.1 Å². The Hall–Kier alpha value is -0.900. The van der Waals surface area contributed by atoms with E-state index >= 15 is 0 Å². The van der Waals surface area contributed by atoms with Gasteiger partial charge in [-0.25, -0.2) is 0 Å². The van der Waals surface area contributed by atoms with Gasteiger partial charge >= 0.3 is 0 Å². The van der Waals surface area contributed by atoms with Crippen molar-refractivity contribution in [3.63, 3.8) is 0 Å². The van der Waals surface area contributed by atoms with Crippen molar-refractivity contribution in [1.29, 1.82) is 0 Å². The SMILES string of the molecule is CCCCCCCC(=O)NC(=O)[C@@H](N)CC(C)C. The number of hydrogen-bond acceptors (Lipinski definition) is 3. The largest absolute Gasteiger partial charge is 0.320 e. The number of imide groups is 1. The van der Waals surface area contributed by atoms with E-state index in [0.717, 1.165) is 19.3 Å². The molecule has 1 atom stereocenters. The van der Waals surface area contributed by atoms with Gasteiger partial charge < -0.3 is 5.73 Å².